The minimum atomic E-state index is -2.29. The molecule has 0 spiro atoms. The summed E-state index contributed by atoms with van der Waals surface area (Å²) in [5.41, 5.74) is 2.47. The number of hydrogen-bond donors (Lipinski definition) is 2. The Kier molecular flexibility index (Phi) is 14.8. The second-order valence-corrected chi connectivity index (χ2v) is 27.2. The summed E-state index contributed by atoms with van der Waals surface area (Å²) in [5.74, 6) is -0.0525. The SMILES string of the molecule is C=C(C)C(=C)NCCC[Si](C)(C)OC(C)(CCC)[Si](C)(C)OC(C)(CC)[Si](C)(C)CCCNC(=O)C(=C)C. The second-order valence-electron chi connectivity index (χ2n) is 13.4. The first kappa shape index (κ1) is 37.1. The van der Waals surface area contributed by atoms with Gasteiger partial charge in [-0.05, 0) is 91.2 Å². The van der Waals surface area contributed by atoms with Crippen molar-refractivity contribution in [1.82, 2.24) is 10.6 Å². The van der Waals surface area contributed by atoms with E-state index in [9.17, 15) is 4.79 Å². The summed E-state index contributed by atoms with van der Waals surface area (Å²) in [6, 6.07) is 2.20. The Morgan fingerprint density at radius 3 is 1.79 bits per heavy atom. The number of nitrogens with one attached hydrogen (secondary N) is 2. The molecule has 0 rings (SSSR count). The second kappa shape index (κ2) is 15.2. The number of allylic oxidation sites excluding steroid dienone is 1. The molecule has 0 aliphatic carbocycles. The fourth-order valence-electron chi connectivity index (χ4n) is 5.02. The summed E-state index contributed by atoms with van der Waals surface area (Å²) >= 11 is 0. The normalized spacial score (nSPS) is 15.8. The van der Waals surface area contributed by atoms with E-state index in [2.05, 4.69) is 97.3 Å². The lowest BCUT2D eigenvalue weighted by atomic mass is 10.2. The molecule has 2 N–H and O–H groups in total. The fraction of sp³-hybridized carbons (Fsp3) is 0.767. The van der Waals surface area contributed by atoms with Crippen LogP contribution in [0.25, 0.3) is 0 Å². The van der Waals surface area contributed by atoms with Gasteiger partial charge in [0.25, 0.3) is 0 Å². The van der Waals surface area contributed by atoms with Crippen LogP contribution in [0.4, 0.5) is 0 Å². The van der Waals surface area contributed by atoms with E-state index in [-0.39, 0.29) is 16.4 Å². The van der Waals surface area contributed by atoms with Crippen LogP contribution in [0.3, 0.4) is 0 Å². The van der Waals surface area contributed by atoms with Gasteiger partial charge in [0.05, 0.1) is 13.3 Å². The fourth-order valence-corrected chi connectivity index (χ4v) is 16.0. The highest BCUT2D eigenvalue weighted by atomic mass is 28.4. The largest absolute Gasteiger partial charge is 0.412 e. The molecule has 0 aromatic carbocycles. The third-order valence-corrected chi connectivity index (χ3v) is 20.3. The predicted molar refractivity (Wildman–Crippen MR) is 175 cm³/mol. The third kappa shape index (κ3) is 11.3. The van der Waals surface area contributed by atoms with E-state index >= 15 is 0 Å². The molecular formula is C30H62N2O3Si3. The molecule has 2 unspecified atom stereocenters. The van der Waals surface area contributed by atoms with Crippen molar-refractivity contribution in [2.45, 2.75) is 135 Å². The van der Waals surface area contributed by atoms with Crippen LogP contribution < -0.4 is 10.6 Å². The molecule has 0 heterocycles. The maximum atomic E-state index is 11.9. The van der Waals surface area contributed by atoms with Crippen LogP contribution in [0, 0.1) is 0 Å². The van der Waals surface area contributed by atoms with E-state index in [0.717, 1.165) is 62.0 Å². The molecule has 0 fully saturated rings. The van der Waals surface area contributed by atoms with E-state index < -0.39 is 24.7 Å². The van der Waals surface area contributed by atoms with Crippen LogP contribution in [-0.4, -0.2) is 54.2 Å². The average Bonchev–Trinajstić information content (AvgIpc) is 2.78. The first-order chi connectivity index (χ1) is 17.2. The molecule has 8 heteroatoms. The van der Waals surface area contributed by atoms with Gasteiger partial charge in [-0.3, -0.25) is 4.79 Å². The molecule has 0 aliphatic rings. The lowest BCUT2D eigenvalue weighted by molar-refractivity contribution is -0.117. The summed E-state index contributed by atoms with van der Waals surface area (Å²) in [6.45, 7) is 40.6. The van der Waals surface area contributed by atoms with Crippen molar-refractivity contribution in [2.75, 3.05) is 13.1 Å². The van der Waals surface area contributed by atoms with E-state index in [1.54, 1.807) is 6.92 Å². The molecule has 2 atom stereocenters. The van der Waals surface area contributed by atoms with Crippen molar-refractivity contribution in [1.29, 1.82) is 0 Å². The summed E-state index contributed by atoms with van der Waals surface area (Å²) in [7, 11) is -6.03. The highest BCUT2D eigenvalue weighted by Gasteiger charge is 2.54. The zero-order valence-corrected chi connectivity index (χ0v) is 30.2. The van der Waals surface area contributed by atoms with Crippen molar-refractivity contribution in [3.63, 3.8) is 0 Å². The summed E-state index contributed by atoms with van der Waals surface area (Å²) in [4.78, 5) is 11.9. The summed E-state index contributed by atoms with van der Waals surface area (Å²) < 4.78 is 14.6. The quantitative estimate of drug-likeness (QED) is 0.0659. The Hall–Kier alpha value is -0.939. The van der Waals surface area contributed by atoms with E-state index in [0.29, 0.717) is 12.1 Å². The van der Waals surface area contributed by atoms with Crippen LogP contribution >= 0.6 is 0 Å². The molecule has 0 saturated heterocycles. The van der Waals surface area contributed by atoms with E-state index in [4.69, 9.17) is 8.85 Å². The number of carbonyl (C=O) groups excluding carboxylic acids is 1. The van der Waals surface area contributed by atoms with Gasteiger partial charge in [0.2, 0.25) is 14.2 Å². The molecule has 0 radical (unpaired) electrons. The third-order valence-electron chi connectivity index (χ3n) is 8.55. The van der Waals surface area contributed by atoms with Gasteiger partial charge in [0.15, 0.2) is 8.32 Å². The van der Waals surface area contributed by atoms with E-state index in [1.807, 2.05) is 6.92 Å². The van der Waals surface area contributed by atoms with Crippen molar-refractivity contribution < 1.29 is 13.6 Å². The lowest BCUT2D eigenvalue weighted by Crippen LogP contribution is -2.67. The Labute approximate surface area is 239 Å². The van der Waals surface area contributed by atoms with Crippen LogP contribution in [0.1, 0.15) is 73.6 Å². The van der Waals surface area contributed by atoms with Gasteiger partial charge in [-0.25, -0.2) is 0 Å². The number of carbonyl (C=O) groups is 1. The molecule has 5 nitrogen and oxygen atoms in total. The molecule has 0 saturated carbocycles. The van der Waals surface area contributed by atoms with Crippen molar-refractivity contribution in [2.24, 2.45) is 0 Å². The highest BCUT2D eigenvalue weighted by molar-refractivity contribution is 6.82. The zero-order valence-electron chi connectivity index (χ0n) is 27.2. The van der Waals surface area contributed by atoms with Gasteiger partial charge in [-0.2, -0.15) is 0 Å². The first-order valence-electron chi connectivity index (χ1n) is 14.6. The molecule has 222 valence electrons. The Morgan fingerprint density at radius 1 is 0.789 bits per heavy atom. The minimum Gasteiger partial charge on any atom is -0.412 e. The summed E-state index contributed by atoms with van der Waals surface area (Å²) in [6.07, 6.45) is 5.11. The van der Waals surface area contributed by atoms with E-state index in [1.165, 1.54) is 0 Å². The minimum absolute atomic E-state index is 0.0525. The van der Waals surface area contributed by atoms with Crippen molar-refractivity contribution in [3.05, 3.63) is 36.6 Å². The van der Waals surface area contributed by atoms with Gasteiger partial charge < -0.3 is 19.5 Å². The molecule has 0 bridgehead atoms. The Morgan fingerprint density at radius 2 is 1.32 bits per heavy atom. The van der Waals surface area contributed by atoms with Gasteiger partial charge >= 0.3 is 0 Å². The standard InChI is InChI=1S/C30H62N2O3Si3/c1-16-20-30(9,34-37(12,13)24-19-21-31-27(7)25(3)4)38(14,15)35-29(8,17-2)36(10,11)23-18-22-32-28(33)26(5)6/h31H,3,5,7,16-24H2,1-2,4,6,8-15H3,(H,32,33). The van der Waals surface area contributed by atoms with Crippen LogP contribution in [0.2, 0.25) is 51.4 Å². The molecule has 0 aromatic heterocycles. The zero-order chi connectivity index (χ0) is 30.0. The number of hydrogen-bond acceptors (Lipinski definition) is 4. The smallest absolute Gasteiger partial charge is 0.246 e. The summed E-state index contributed by atoms with van der Waals surface area (Å²) in [5, 5.41) is 5.99. The number of amides is 1. The Balaban J connectivity index is 5.55. The van der Waals surface area contributed by atoms with Crippen molar-refractivity contribution in [3.8, 4) is 0 Å². The molecule has 38 heavy (non-hydrogen) atoms. The lowest BCUT2D eigenvalue weighted by Gasteiger charge is -2.53. The molecule has 1 amide bonds. The predicted octanol–water partition coefficient (Wildman–Crippen LogP) is 8.10. The number of rotatable bonds is 20. The van der Waals surface area contributed by atoms with Crippen LogP contribution in [0.15, 0.2) is 36.6 Å². The topological polar surface area (TPSA) is 59.6 Å². The average molecular weight is 583 g/mol. The van der Waals surface area contributed by atoms with Gasteiger partial charge in [-0.1, -0.05) is 59.1 Å². The molecule has 0 aliphatic heterocycles. The van der Waals surface area contributed by atoms with Crippen LogP contribution in [0.5, 0.6) is 0 Å². The van der Waals surface area contributed by atoms with Gasteiger partial charge in [0, 0.05) is 29.6 Å². The van der Waals surface area contributed by atoms with Crippen molar-refractivity contribution >= 4 is 30.6 Å². The highest BCUT2D eigenvalue weighted by Crippen LogP contribution is 2.41. The monoisotopic (exact) mass is 582 g/mol. The molecular weight excluding hydrogens is 521 g/mol. The maximum absolute atomic E-state index is 11.9. The Bertz CT molecular complexity index is 826. The maximum Gasteiger partial charge on any atom is 0.246 e. The molecule has 0 aromatic rings. The van der Waals surface area contributed by atoms with Crippen LogP contribution in [-0.2, 0) is 13.6 Å². The van der Waals surface area contributed by atoms with Gasteiger partial charge in [0.1, 0.15) is 0 Å². The van der Waals surface area contributed by atoms with Gasteiger partial charge in [-0.15, -0.1) is 0 Å². The first-order valence-corrected chi connectivity index (χ1v) is 23.8.